The molecule has 0 saturated heterocycles. The fraction of sp³-hybridized carbons (Fsp3) is 0.500. The van der Waals surface area contributed by atoms with E-state index < -0.39 is 5.54 Å². The van der Waals surface area contributed by atoms with Gasteiger partial charge in [0.2, 0.25) is 0 Å². The van der Waals surface area contributed by atoms with E-state index in [1.165, 1.54) is 12.5 Å². The minimum atomic E-state index is -0.621. The second-order valence-electron chi connectivity index (χ2n) is 3.70. The second-order valence-corrected chi connectivity index (χ2v) is 3.70. The number of carbonyl (C=O) groups excluding carboxylic acids is 1. The summed E-state index contributed by atoms with van der Waals surface area (Å²) in [7, 11) is 0. The normalized spacial score (nSPS) is 20.4. The average molecular weight is 179 g/mol. The van der Waals surface area contributed by atoms with Gasteiger partial charge in [-0.15, -0.1) is 0 Å². The van der Waals surface area contributed by atoms with E-state index in [9.17, 15) is 4.79 Å². The van der Waals surface area contributed by atoms with Crippen LogP contribution in [0.4, 0.5) is 0 Å². The number of nitrogens with two attached hydrogens (primary N) is 1. The van der Waals surface area contributed by atoms with Crippen LogP contribution in [0.3, 0.4) is 0 Å². The molecule has 3 heteroatoms. The van der Waals surface area contributed by atoms with Crippen molar-refractivity contribution in [2.45, 2.75) is 31.2 Å². The van der Waals surface area contributed by atoms with Crippen LogP contribution in [0.2, 0.25) is 0 Å². The van der Waals surface area contributed by atoms with Gasteiger partial charge in [0.15, 0.2) is 5.78 Å². The number of hydrogen-bond acceptors (Lipinski definition) is 3. The van der Waals surface area contributed by atoms with Crippen molar-refractivity contribution >= 4 is 5.78 Å². The zero-order valence-electron chi connectivity index (χ0n) is 7.45. The minimum absolute atomic E-state index is 0.0266. The second kappa shape index (κ2) is 3.00. The summed E-state index contributed by atoms with van der Waals surface area (Å²) in [4.78, 5) is 11.8. The van der Waals surface area contributed by atoms with Gasteiger partial charge in [-0.05, 0) is 18.9 Å². The first-order valence-corrected chi connectivity index (χ1v) is 4.58. The van der Waals surface area contributed by atoms with Gasteiger partial charge in [-0.2, -0.15) is 0 Å². The van der Waals surface area contributed by atoms with Gasteiger partial charge in [-0.1, -0.05) is 12.8 Å². The maximum Gasteiger partial charge on any atom is 0.185 e. The molecular formula is C10H13NO2. The molecule has 70 valence electrons. The molecule has 1 saturated carbocycles. The van der Waals surface area contributed by atoms with Crippen LogP contribution in [0.15, 0.2) is 23.0 Å². The van der Waals surface area contributed by atoms with Crippen LogP contribution < -0.4 is 5.73 Å². The molecule has 1 aliphatic carbocycles. The summed E-state index contributed by atoms with van der Waals surface area (Å²) in [5, 5.41) is 0. The summed E-state index contributed by atoms with van der Waals surface area (Å²) in [6.07, 6.45) is 6.69. The van der Waals surface area contributed by atoms with Crippen molar-refractivity contribution in [1.29, 1.82) is 0 Å². The lowest BCUT2D eigenvalue weighted by Gasteiger charge is -2.20. The van der Waals surface area contributed by atoms with Gasteiger partial charge in [0.05, 0.1) is 17.4 Å². The highest BCUT2D eigenvalue weighted by molar-refractivity contribution is 6.02. The zero-order chi connectivity index (χ0) is 9.31. The summed E-state index contributed by atoms with van der Waals surface area (Å²) < 4.78 is 4.86. The fourth-order valence-corrected chi connectivity index (χ4v) is 1.91. The number of hydrogen-bond donors (Lipinski definition) is 1. The van der Waals surface area contributed by atoms with Crippen molar-refractivity contribution in [1.82, 2.24) is 0 Å². The predicted octanol–water partition coefficient (Wildman–Crippen LogP) is 1.73. The Morgan fingerprint density at radius 3 is 2.69 bits per heavy atom. The molecule has 0 unspecified atom stereocenters. The van der Waals surface area contributed by atoms with Crippen molar-refractivity contribution < 1.29 is 9.21 Å². The first kappa shape index (κ1) is 8.51. The van der Waals surface area contributed by atoms with Crippen LogP contribution >= 0.6 is 0 Å². The first-order chi connectivity index (χ1) is 6.22. The molecule has 0 atom stereocenters. The molecule has 13 heavy (non-hydrogen) atoms. The summed E-state index contributed by atoms with van der Waals surface area (Å²) in [5.41, 5.74) is 5.98. The van der Waals surface area contributed by atoms with Gasteiger partial charge in [-0.3, -0.25) is 4.79 Å². The molecular weight excluding hydrogens is 166 g/mol. The molecule has 1 heterocycles. The maximum absolute atomic E-state index is 11.8. The molecule has 3 nitrogen and oxygen atoms in total. The van der Waals surface area contributed by atoms with E-state index in [1.54, 1.807) is 6.07 Å². The Morgan fingerprint density at radius 2 is 2.15 bits per heavy atom. The topological polar surface area (TPSA) is 56.2 Å². The van der Waals surface area contributed by atoms with Gasteiger partial charge < -0.3 is 10.2 Å². The Labute approximate surface area is 76.9 Å². The molecule has 0 aromatic carbocycles. The highest BCUT2D eigenvalue weighted by Gasteiger charge is 2.37. The van der Waals surface area contributed by atoms with E-state index in [1.807, 2.05) is 0 Å². The molecule has 0 radical (unpaired) electrons. The number of Topliss-reactive ketones (excluding diaryl/α,β-unsaturated/α-hetero) is 1. The molecule has 0 amide bonds. The molecule has 2 rings (SSSR count). The Balaban J connectivity index is 2.21. The Morgan fingerprint density at radius 1 is 1.46 bits per heavy atom. The lowest BCUT2D eigenvalue weighted by atomic mass is 9.90. The summed E-state index contributed by atoms with van der Waals surface area (Å²) in [6.45, 7) is 0. The zero-order valence-corrected chi connectivity index (χ0v) is 7.45. The number of rotatable bonds is 2. The van der Waals surface area contributed by atoms with E-state index in [0.717, 1.165) is 25.7 Å². The number of ketones is 1. The summed E-state index contributed by atoms with van der Waals surface area (Å²) in [6, 6.07) is 1.68. The van der Waals surface area contributed by atoms with Crippen LogP contribution in [-0.4, -0.2) is 11.3 Å². The Bertz CT molecular complexity index is 297. The highest BCUT2D eigenvalue weighted by Crippen LogP contribution is 2.30. The quantitative estimate of drug-likeness (QED) is 0.703. The fourth-order valence-electron chi connectivity index (χ4n) is 1.91. The monoisotopic (exact) mass is 179 g/mol. The largest absolute Gasteiger partial charge is 0.472 e. The van der Waals surface area contributed by atoms with Gasteiger partial charge in [0.1, 0.15) is 6.26 Å². The van der Waals surface area contributed by atoms with Gasteiger partial charge >= 0.3 is 0 Å². The lowest BCUT2D eigenvalue weighted by Crippen LogP contribution is -2.45. The Kier molecular flexibility index (Phi) is 1.96. The van der Waals surface area contributed by atoms with Crippen molar-refractivity contribution in [3.8, 4) is 0 Å². The molecule has 2 N–H and O–H groups in total. The van der Waals surface area contributed by atoms with Gasteiger partial charge in [0, 0.05) is 0 Å². The molecule has 1 aromatic heterocycles. The lowest BCUT2D eigenvalue weighted by molar-refractivity contribution is 0.0891. The summed E-state index contributed by atoms with van der Waals surface area (Å²) in [5.74, 6) is 0.0266. The van der Waals surface area contributed by atoms with Crippen LogP contribution in [-0.2, 0) is 0 Å². The maximum atomic E-state index is 11.8. The smallest absolute Gasteiger partial charge is 0.185 e. The van der Waals surface area contributed by atoms with Crippen LogP contribution in [0.5, 0.6) is 0 Å². The molecule has 1 aliphatic rings. The SMILES string of the molecule is NC1(C(=O)c2ccoc2)CCCC1. The van der Waals surface area contributed by atoms with E-state index in [2.05, 4.69) is 0 Å². The molecule has 0 aliphatic heterocycles. The number of furan rings is 1. The van der Waals surface area contributed by atoms with Crippen molar-refractivity contribution in [3.63, 3.8) is 0 Å². The van der Waals surface area contributed by atoms with Gasteiger partial charge in [0.25, 0.3) is 0 Å². The molecule has 0 spiro atoms. The molecule has 1 fully saturated rings. The molecule has 0 bridgehead atoms. The van der Waals surface area contributed by atoms with Crippen LogP contribution in [0.1, 0.15) is 36.0 Å². The molecule has 1 aromatic rings. The minimum Gasteiger partial charge on any atom is -0.472 e. The average Bonchev–Trinajstić information content (AvgIpc) is 2.73. The van der Waals surface area contributed by atoms with E-state index in [-0.39, 0.29) is 5.78 Å². The third-order valence-electron chi connectivity index (χ3n) is 2.73. The van der Waals surface area contributed by atoms with Crippen LogP contribution in [0.25, 0.3) is 0 Å². The highest BCUT2D eigenvalue weighted by atomic mass is 16.3. The van der Waals surface area contributed by atoms with Crippen LogP contribution in [0, 0.1) is 0 Å². The van der Waals surface area contributed by atoms with Crippen molar-refractivity contribution in [2.24, 2.45) is 5.73 Å². The van der Waals surface area contributed by atoms with E-state index in [0.29, 0.717) is 5.56 Å². The third-order valence-corrected chi connectivity index (χ3v) is 2.73. The van der Waals surface area contributed by atoms with E-state index in [4.69, 9.17) is 10.2 Å². The standard InChI is InChI=1S/C10H13NO2/c11-10(4-1-2-5-10)9(12)8-3-6-13-7-8/h3,6-7H,1-2,4-5,11H2. The third kappa shape index (κ3) is 1.40. The summed E-state index contributed by atoms with van der Waals surface area (Å²) >= 11 is 0. The first-order valence-electron chi connectivity index (χ1n) is 4.58. The van der Waals surface area contributed by atoms with E-state index >= 15 is 0 Å². The number of carbonyl (C=O) groups is 1. The van der Waals surface area contributed by atoms with Crippen molar-refractivity contribution in [2.75, 3.05) is 0 Å². The Hall–Kier alpha value is -1.09. The van der Waals surface area contributed by atoms with Crippen molar-refractivity contribution in [3.05, 3.63) is 24.2 Å². The predicted molar refractivity (Wildman–Crippen MR) is 48.4 cm³/mol. The van der Waals surface area contributed by atoms with Gasteiger partial charge in [-0.25, -0.2) is 0 Å².